The number of methoxy groups -OCH3 is 2. The number of carbonyl (C=O) groups excluding carboxylic acids is 1. The van der Waals surface area contributed by atoms with Crippen LogP contribution in [0.15, 0.2) is 35.7 Å². The van der Waals surface area contributed by atoms with E-state index in [0.29, 0.717) is 12.5 Å². The Morgan fingerprint density at radius 1 is 1.21 bits per heavy atom. The highest BCUT2D eigenvalue weighted by Gasteiger charge is 2.26. The van der Waals surface area contributed by atoms with Crippen molar-refractivity contribution in [1.82, 2.24) is 9.80 Å². The fourth-order valence-corrected chi connectivity index (χ4v) is 4.62. The van der Waals surface area contributed by atoms with E-state index in [1.54, 1.807) is 25.6 Å². The number of benzene rings is 1. The summed E-state index contributed by atoms with van der Waals surface area (Å²) in [6.07, 6.45) is 4.64. The first kappa shape index (κ1) is 21.7. The molecule has 0 aliphatic carbocycles. The van der Waals surface area contributed by atoms with Crippen molar-refractivity contribution in [2.24, 2.45) is 0 Å². The van der Waals surface area contributed by atoms with Gasteiger partial charge in [0, 0.05) is 37.0 Å². The monoisotopic (exact) mass is 416 g/mol. The summed E-state index contributed by atoms with van der Waals surface area (Å²) in [4.78, 5) is 18.4. The van der Waals surface area contributed by atoms with E-state index in [1.165, 1.54) is 10.4 Å². The maximum atomic E-state index is 12.7. The molecular formula is C23H32N2O3S. The van der Waals surface area contributed by atoms with Crippen LogP contribution in [0.1, 0.15) is 29.7 Å². The van der Waals surface area contributed by atoms with Gasteiger partial charge < -0.3 is 19.3 Å². The molecule has 1 aliphatic rings. The molecular weight excluding hydrogens is 384 g/mol. The van der Waals surface area contributed by atoms with Crippen molar-refractivity contribution in [3.05, 3.63) is 46.2 Å². The molecule has 1 saturated heterocycles. The van der Waals surface area contributed by atoms with Gasteiger partial charge in [-0.25, -0.2) is 0 Å². The van der Waals surface area contributed by atoms with Crippen molar-refractivity contribution in [2.45, 2.75) is 38.1 Å². The van der Waals surface area contributed by atoms with Crippen LogP contribution in [-0.2, 0) is 17.6 Å². The molecule has 0 saturated carbocycles. The van der Waals surface area contributed by atoms with Crippen molar-refractivity contribution in [1.29, 1.82) is 0 Å². The Labute approximate surface area is 178 Å². The number of amides is 1. The Morgan fingerprint density at radius 2 is 2.03 bits per heavy atom. The van der Waals surface area contributed by atoms with E-state index in [9.17, 15) is 4.79 Å². The summed E-state index contributed by atoms with van der Waals surface area (Å²) >= 11 is 1.73. The number of nitrogens with zero attached hydrogens (tertiary/aromatic N) is 2. The molecule has 6 heteroatoms. The lowest BCUT2D eigenvalue weighted by Crippen LogP contribution is -2.49. The predicted octanol–water partition coefficient (Wildman–Crippen LogP) is 3.86. The van der Waals surface area contributed by atoms with Gasteiger partial charge in [0.15, 0.2) is 11.5 Å². The summed E-state index contributed by atoms with van der Waals surface area (Å²) in [5, 5.41) is 2.07. The third kappa shape index (κ3) is 5.97. The zero-order chi connectivity index (χ0) is 20.6. The van der Waals surface area contributed by atoms with Gasteiger partial charge in [0.1, 0.15) is 0 Å². The molecule has 1 aromatic carbocycles. The molecule has 0 radical (unpaired) electrons. The molecule has 1 fully saturated rings. The fourth-order valence-electron chi connectivity index (χ4n) is 3.91. The number of piperidine rings is 1. The van der Waals surface area contributed by atoms with Crippen LogP contribution in [0.3, 0.4) is 0 Å². The standard InChI is InChI=1S/C23H32N2O3S/c1-24(14-12-18-8-10-21(27-2)22(16-18)28-3)19-6-4-13-25(17-19)23(26)11-9-20-7-5-15-29-20/h5,7-8,10,15-16,19H,4,6,9,11-14,17H2,1-3H3. The van der Waals surface area contributed by atoms with Gasteiger partial charge in [0.05, 0.1) is 14.2 Å². The molecule has 1 atom stereocenters. The zero-order valence-corrected chi connectivity index (χ0v) is 18.5. The average molecular weight is 417 g/mol. The quantitative estimate of drug-likeness (QED) is 0.622. The molecule has 1 unspecified atom stereocenters. The normalized spacial score (nSPS) is 16.8. The van der Waals surface area contributed by atoms with E-state index in [-0.39, 0.29) is 5.91 Å². The molecule has 0 N–H and O–H groups in total. The number of likely N-dealkylation sites (tertiary alicyclic amines) is 1. The highest BCUT2D eigenvalue weighted by Crippen LogP contribution is 2.28. The lowest BCUT2D eigenvalue weighted by atomic mass is 10.0. The van der Waals surface area contributed by atoms with E-state index in [4.69, 9.17) is 9.47 Å². The number of likely N-dealkylation sites (N-methyl/N-ethyl adjacent to an activating group) is 1. The maximum Gasteiger partial charge on any atom is 0.222 e. The van der Waals surface area contributed by atoms with E-state index >= 15 is 0 Å². The van der Waals surface area contributed by atoms with Crippen molar-refractivity contribution < 1.29 is 14.3 Å². The lowest BCUT2D eigenvalue weighted by molar-refractivity contribution is -0.133. The number of hydrogen-bond acceptors (Lipinski definition) is 5. The SMILES string of the molecule is COc1ccc(CCN(C)C2CCCN(C(=O)CCc3cccs3)C2)cc1OC. The number of rotatable bonds is 9. The Kier molecular flexibility index (Phi) is 7.95. The van der Waals surface area contributed by atoms with E-state index in [0.717, 1.165) is 56.8 Å². The fraction of sp³-hybridized carbons (Fsp3) is 0.522. The number of hydrogen-bond donors (Lipinski definition) is 0. The minimum absolute atomic E-state index is 0.288. The van der Waals surface area contributed by atoms with E-state index in [1.807, 2.05) is 12.1 Å². The van der Waals surface area contributed by atoms with E-state index < -0.39 is 0 Å². The van der Waals surface area contributed by atoms with Crippen LogP contribution in [0, 0.1) is 0 Å². The molecule has 3 rings (SSSR count). The second kappa shape index (κ2) is 10.6. The highest BCUT2D eigenvalue weighted by molar-refractivity contribution is 7.09. The largest absolute Gasteiger partial charge is 0.493 e. The van der Waals surface area contributed by atoms with Gasteiger partial charge in [-0.2, -0.15) is 0 Å². The smallest absolute Gasteiger partial charge is 0.222 e. The molecule has 158 valence electrons. The minimum Gasteiger partial charge on any atom is -0.493 e. The molecule has 0 spiro atoms. The van der Waals surface area contributed by atoms with Gasteiger partial charge in [-0.1, -0.05) is 12.1 Å². The first-order valence-corrected chi connectivity index (χ1v) is 11.2. The van der Waals surface area contributed by atoms with Crippen LogP contribution in [0.5, 0.6) is 11.5 Å². The lowest BCUT2D eigenvalue weighted by Gasteiger charge is -2.37. The van der Waals surface area contributed by atoms with Crippen LogP contribution < -0.4 is 9.47 Å². The van der Waals surface area contributed by atoms with Crippen LogP contribution in [0.25, 0.3) is 0 Å². The van der Waals surface area contributed by atoms with Crippen LogP contribution in [0.2, 0.25) is 0 Å². The van der Waals surface area contributed by atoms with Gasteiger partial charge in [-0.3, -0.25) is 4.79 Å². The maximum absolute atomic E-state index is 12.7. The molecule has 2 aromatic rings. The second-order valence-corrected chi connectivity index (χ2v) is 8.67. The Balaban J connectivity index is 1.49. The van der Waals surface area contributed by atoms with Crippen LogP contribution in [-0.4, -0.2) is 62.7 Å². The summed E-state index contributed by atoms with van der Waals surface area (Å²) in [6.45, 7) is 2.69. The summed E-state index contributed by atoms with van der Waals surface area (Å²) in [6, 6.07) is 10.7. The Bertz CT molecular complexity index is 778. The van der Waals surface area contributed by atoms with Gasteiger partial charge in [-0.15, -0.1) is 11.3 Å². The molecule has 29 heavy (non-hydrogen) atoms. The van der Waals surface area contributed by atoms with Gasteiger partial charge in [0.25, 0.3) is 0 Å². The molecule has 1 amide bonds. The summed E-state index contributed by atoms with van der Waals surface area (Å²) in [7, 11) is 5.49. The van der Waals surface area contributed by atoms with Crippen molar-refractivity contribution in [3.63, 3.8) is 0 Å². The number of ether oxygens (including phenoxy) is 2. The van der Waals surface area contributed by atoms with E-state index in [2.05, 4.69) is 40.4 Å². The summed E-state index contributed by atoms with van der Waals surface area (Å²) in [5.41, 5.74) is 1.23. The first-order chi connectivity index (χ1) is 14.1. The molecule has 1 aromatic heterocycles. The summed E-state index contributed by atoms with van der Waals surface area (Å²) in [5.74, 6) is 1.82. The molecule has 5 nitrogen and oxygen atoms in total. The summed E-state index contributed by atoms with van der Waals surface area (Å²) < 4.78 is 10.7. The van der Waals surface area contributed by atoms with Gasteiger partial charge in [-0.05, 0) is 61.9 Å². The molecule has 0 bridgehead atoms. The molecule has 2 heterocycles. The average Bonchev–Trinajstić information content (AvgIpc) is 3.29. The number of carbonyl (C=O) groups is 1. The molecule has 1 aliphatic heterocycles. The highest BCUT2D eigenvalue weighted by atomic mass is 32.1. The van der Waals surface area contributed by atoms with Gasteiger partial charge in [0.2, 0.25) is 5.91 Å². The topological polar surface area (TPSA) is 42.0 Å². The van der Waals surface area contributed by atoms with Crippen molar-refractivity contribution in [2.75, 3.05) is 40.9 Å². The zero-order valence-electron chi connectivity index (χ0n) is 17.7. The van der Waals surface area contributed by atoms with Crippen molar-refractivity contribution >= 4 is 17.2 Å². The third-order valence-electron chi connectivity index (χ3n) is 5.74. The third-order valence-corrected chi connectivity index (χ3v) is 6.68. The van der Waals surface area contributed by atoms with Gasteiger partial charge >= 0.3 is 0 Å². The minimum atomic E-state index is 0.288. The Morgan fingerprint density at radius 3 is 2.76 bits per heavy atom. The number of aryl methyl sites for hydroxylation is 1. The van der Waals surface area contributed by atoms with Crippen LogP contribution in [0.4, 0.5) is 0 Å². The van der Waals surface area contributed by atoms with Crippen molar-refractivity contribution in [3.8, 4) is 11.5 Å². The first-order valence-electron chi connectivity index (χ1n) is 10.3. The predicted molar refractivity (Wildman–Crippen MR) is 118 cm³/mol. The number of thiophene rings is 1. The Hall–Kier alpha value is -2.05. The van der Waals surface area contributed by atoms with Crippen LogP contribution >= 0.6 is 11.3 Å². The second-order valence-electron chi connectivity index (χ2n) is 7.64.